The van der Waals surface area contributed by atoms with E-state index >= 15 is 0 Å². The van der Waals surface area contributed by atoms with Crippen LogP contribution in [-0.4, -0.2) is 56.0 Å². The van der Waals surface area contributed by atoms with Crippen molar-refractivity contribution in [1.82, 2.24) is 10.2 Å². The van der Waals surface area contributed by atoms with E-state index < -0.39 is 0 Å². The molecule has 1 N–H and O–H groups in total. The van der Waals surface area contributed by atoms with E-state index in [4.69, 9.17) is 4.74 Å². The molecule has 2 saturated heterocycles. The summed E-state index contributed by atoms with van der Waals surface area (Å²) in [6.45, 7) is 8.65. The number of nitrogens with zero attached hydrogens (tertiary/aromatic N) is 2. The zero-order valence-electron chi connectivity index (χ0n) is 16.9. The third-order valence-corrected chi connectivity index (χ3v) is 5.54. The van der Waals surface area contributed by atoms with Gasteiger partial charge < -0.3 is 19.9 Å². The minimum absolute atomic E-state index is 0. The van der Waals surface area contributed by atoms with Crippen LogP contribution in [0.15, 0.2) is 24.3 Å². The van der Waals surface area contributed by atoms with Crippen LogP contribution in [0.2, 0.25) is 0 Å². The summed E-state index contributed by atoms with van der Waals surface area (Å²) in [5.74, 6) is 1.22. The first kappa shape index (κ1) is 22.5. The largest absolute Gasteiger partial charge is 0.492 e. The van der Waals surface area contributed by atoms with Crippen molar-refractivity contribution in [3.63, 3.8) is 0 Å². The van der Waals surface area contributed by atoms with Crippen molar-refractivity contribution < 1.29 is 14.3 Å². The number of anilines is 1. The van der Waals surface area contributed by atoms with Gasteiger partial charge in [-0.3, -0.25) is 9.59 Å². The molecule has 0 bridgehead atoms. The summed E-state index contributed by atoms with van der Waals surface area (Å²) in [7, 11) is 0. The second-order valence-electron chi connectivity index (χ2n) is 7.38. The molecule has 156 valence electrons. The van der Waals surface area contributed by atoms with Gasteiger partial charge >= 0.3 is 0 Å². The number of hydrogen-bond donors (Lipinski definition) is 1. The van der Waals surface area contributed by atoms with Gasteiger partial charge in [-0.25, -0.2) is 0 Å². The van der Waals surface area contributed by atoms with Crippen LogP contribution in [-0.2, 0) is 9.59 Å². The molecule has 2 heterocycles. The zero-order valence-corrected chi connectivity index (χ0v) is 17.7. The van der Waals surface area contributed by atoms with Gasteiger partial charge in [-0.2, -0.15) is 0 Å². The van der Waals surface area contributed by atoms with Gasteiger partial charge in [0, 0.05) is 26.1 Å². The molecule has 2 amide bonds. The quantitative estimate of drug-likeness (QED) is 0.752. The summed E-state index contributed by atoms with van der Waals surface area (Å²) < 4.78 is 5.66. The van der Waals surface area contributed by atoms with E-state index in [1.54, 1.807) is 4.90 Å². The predicted octanol–water partition coefficient (Wildman–Crippen LogP) is 2.71. The summed E-state index contributed by atoms with van der Waals surface area (Å²) in [5.41, 5.74) is 0.768. The molecule has 1 atom stereocenters. The zero-order chi connectivity index (χ0) is 19.2. The number of amides is 2. The second kappa shape index (κ2) is 10.7. The van der Waals surface area contributed by atoms with Crippen LogP contribution in [0.4, 0.5) is 5.69 Å². The fourth-order valence-corrected chi connectivity index (χ4v) is 4.03. The summed E-state index contributed by atoms with van der Waals surface area (Å²) in [4.78, 5) is 29.2. The summed E-state index contributed by atoms with van der Waals surface area (Å²) in [5, 5.41) is 3.40. The van der Waals surface area contributed by atoms with E-state index in [-0.39, 0.29) is 36.6 Å². The Labute approximate surface area is 174 Å². The van der Waals surface area contributed by atoms with Crippen molar-refractivity contribution in [2.45, 2.75) is 33.1 Å². The van der Waals surface area contributed by atoms with Crippen LogP contribution >= 0.6 is 12.4 Å². The molecular formula is C21H32ClN3O3. The monoisotopic (exact) mass is 409 g/mol. The Morgan fingerprint density at radius 2 is 1.93 bits per heavy atom. The number of rotatable bonds is 7. The first-order valence-electron chi connectivity index (χ1n) is 10.2. The van der Waals surface area contributed by atoms with Crippen molar-refractivity contribution >= 4 is 29.9 Å². The Balaban J connectivity index is 0.00000280. The highest BCUT2D eigenvalue weighted by molar-refractivity contribution is 6.01. The van der Waals surface area contributed by atoms with Crippen molar-refractivity contribution in [2.75, 3.05) is 44.2 Å². The van der Waals surface area contributed by atoms with E-state index in [0.29, 0.717) is 24.8 Å². The SMILES string of the molecule is CCNCC1CCN(C(=O)C2CC(=O)N(c3ccccc3OCC)C2)CC1.Cl. The predicted molar refractivity (Wildman–Crippen MR) is 113 cm³/mol. The molecule has 6 nitrogen and oxygen atoms in total. The van der Waals surface area contributed by atoms with Gasteiger partial charge in [0.05, 0.1) is 18.2 Å². The number of piperidine rings is 1. The Morgan fingerprint density at radius 1 is 1.21 bits per heavy atom. The van der Waals surface area contributed by atoms with Crippen LogP contribution in [0.5, 0.6) is 5.75 Å². The number of halogens is 1. The van der Waals surface area contributed by atoms with Crippen LogP contribution < -0.4 is 15.0 Å². The number of para-hydroxylation sites is 2. The average molecular weight is 410 g/mol. The Kier molecular flexibility index (Phi) is 8.58. The number of benzene rings is 1. The van der Waals surface area contributed by atoms with Gasteiger partial charge in [0.1, 0.15) is 5.75 Å². The van der Waals surface area contributed by atoms with Gasteiger partial charge in [0.2, 0.25) is 11.8 Å². The molecule has 3 rings (SSSR count). The molecule has 2 aliphatic heterocycles. The standard InChI is InChI=1S/C21H31N3O3.ClH/c1-3-22-14-16-9-11-23(12-10-16)21(26)17-13-20(25)24(15-17)18-7-5-6-8-19(18)27-4-2;/h5-8,16-17,22H,3-4,9-15H2,1-2H3;1H. The number of ether oxygens (including phenoxy) is 1. The molecule has 0 radical (unpaired) electrons. The molecule has 2 fully saturated rings. The third kappa shape index (κ3) is 5.17. The fraction of sp³-hybridized carbons (Fsp3) is 0.619. The molecule has 1 aromatic rings. The van der Waals surface area contributed by atoms with Crippen LogP contribution in [0.25, 0.3) is 0 Å². The van der Waals surface area contributed by atoms with Crippen molar-refractivity contribution in [3.05, 3.63) is 24.3 Å². The normalized spacial score (nSPS) is 20.2. The minimum atomic E-state index is -0.252. The van der Waals surface area contributed by atoms with Gasteiger partial charge in [-0.1, -0.05) is 19.1 Å². The average Bonchev–Trinajstić information content (AvgIpc) is 3.08. The van der Waals surface area contributed by atoms with Crippen LogP contribution in [0.1, 0.15) is 33.1 Å². The lowest BCUT2D eigenvalue weighted by Crippen LogP contribution is -2.44. The maximum Gasteiger partial charge on any atom is 0.228 e. The fourth-order valence-electron chi connectivity index (χ4n) is 4.03. The van der Waals surface area contributed by atoms with Crippen LogP contribution in [0, 0.1) is 11.8 Å². The molecule has 1 aromatic carbocycles. The van der Waals surface area contributed by atoms with Crippen molar-refractivity contribution in [1.29, 1.82) is 0 Å². The minimum Gasteiger partial charge on any atom is -0.492 e. The summed E-state index contributed by atoms with van der Waals surface area (Å²) >= 11 is 0. The maximum atomic E-state index is 13.0. The van der Waals surface area contributed by atoms with E-state index in [0.717, 1.165) is 44.7 Å². The number of hydrogen-bond acceptors (Lipinski definition) is 4. The topological polar surface area (TPSA) is 61.9 Å². The molecule has 0 spiro atoms. The van der Waals surface area contributed by atoms with Gasteiger partial charge in [-0.15, -0.1) is 12.4 Å². The molecule has 28 heavy (non-hydrogen) atoms. The smallest absolute Gasteiger partial charge is 0.228 e. The van der Waals surface area contributed by atoms with Gasteiger partial charge in [-0.05, 0) is 50.9 Å². The summed E-state index contributed by atoms with van der Waals surface area (Å²) in [6, 6.07) is 7.56. The molecule has 0 aromatic heterocycles. The highest BCUT2D eigenvalue weighted by Crippen LogP contribution is 2.34. The van der Waals surface area contributed by atoms with E-state index in [1.807, 2.05) is 36.1 Å². The Hall–Kier alpha value is -1.79. The first-order chi connectivity index (χ1) is 13.1. The lowest BCUT2D eigenvalue weighted by Gasteiger charge is -2.33. The van der Waals surface area contributed by atoms with Gasteiger partial charge in [0.15, 0.2) is 0 Å². The number of carbonyl (C=O) groups is 2. The molecule has 7 heteroatoms. The molecule has 0 aliphatic carbocycles. The third-order valence-electron chi connectivity index (χ3n) is 5.54. The highest BCUT2D eigenvalue weighted by Gasteiger charge is 2.38. The van der Waals surface area contributed by atoms with Crippen molar-refractivity contribution in [2.24, 2.45) is 11.8 Å². The lowest BCUT2D eigenvalue weighted by atomic mass is 9.95. The molecule has 0 saturated carbocycles. The lowest BCUT2D eigenvalue weighted by molar-refractivity contribution is -0.137. The number of likely N-dealkylation sites (tertiary alicyclic amines) is 1. The van der Waals surface area contributed by atoms with Crippen LogP contribution in [0.3, 0.4) is 0 Å². The summed E-state index contributed by atoms with van der Waals surface area (Å²) in [6.07, 6.45) is 2.36. The molecular weight excluding hydrogens is 378 g/mol. The maximum absolute atomic E-state index is 13.0. The Morgan fingerprint density at radius 3 is 2.61 bits per heavy atom. The van der Waals surface area contributed by atoms with E-state index in [1.165, 1.54) is 0 Å². The van der Waals surface area contributed by atoms with E-state index in [9.17, 15) is 9.59 Å². The Bertz CT molecular complexity index is 662. The number of carbonyl (C=O) groups excluding carboxylic acids is 2. The molecule has 2 aliphatic rings. The van der Waals surface area contributed by atoms with Gasteiger partial charge in [0.25, 0.3) is 0 Å². The van der Waals surface area contributed by atoms with E-state index in [2.05, 4.69) is 12.2 Å². The second-order valence-corrected chi connectivity index (χ2v) is 7.38. The number of nitrogens with one attached hydrogen (secondary N) is 1. The highest BCUT2D eigenvalue weighted by atomic mass is 35.5. The first-order valence-corrected chi connectivity index (χ1v) is 10.2. The molecule has 1 unspecified atom stereocenters. The van der Waals surface area contributed by atoms with Crippen molar-refractivity contribution in [3.8, 4) is 5.75 Å².